The molecule has 0 bridgehead atoms. The number of carbonyl (C=O) groups excluding carboxylic acids is 1. The van der Waals surface area contributed by atoms with Crippen LogP contribution in [0.1, 0.15) is 29.0 Å². The molecule has 1 atom stereocenters. The van der Waals surface area contributed by atoms with Gasteiger partial charge in [-0.1, -0.05) is 46.9 Å². The van der Waals surface area contributed by atoms with Crippen LogP contribution >= 0.6 is 34.8 Å². The van der Waals surface area contributed by atoms with E-state index in [-0.39, 0.29) is 6.04 Å². The molecular formula is C24H25Cl3N4O2. The number of nitrogens with zero attached hydrogens (tertiary/aromatic N) is 4. The predicted molar refractivity (Wildman–Crippen MR) is 133 cm³/mol. The highest BCUT2D eigenvalue weighted by molar-refractivity contribution is 6.36. The second kappa shape index (κ2) is 10.8. The molecule has 0 spiro atoms. The number of rotatable bonds is 7. The van der Waals surface area contributed by atoms with Crippen LogP contribution in [-0.2, 0) is 11.3 Å². The lowest BCUT2D eigenvalue weighted by Gasteiger charge is -2.43. The topological polar surface area (TPSA) is 50.6 Å². The van der Waals surface area contributed by atoms with Crippen molar-refractivity contribution in [3.05, 3.63) is 81.3 Å². The molecule has 1 aliphatic heterocycles. The summed E-state index contributed by atoms with van der Waals surface area (Å²) in [5.41, 5.74) is 2.47. The number of hydrogen-bond acceptors (Lipinski definition) is 5. The Labute approximate surface area is 208 Å². The fraction of sp³-hybridized carbons (Fsp3) is 0.333. The van der Waals surface area contributed by atoms with Gasteiger partial charge in [-0.05, 0) is 42.8 Å². The number of ether oxygens (including phenoxy) is 1. The van der Waals surface area contributed by atoms with Gasteiger partial charge in [0.05, 0.1) is 29.7 Å². The van der Waals surface area contributed by atoms with Gasteiger partial charge < -0.3 is 14.2 Å². The molecule has 0 N–H and O–H groups in total. The Morgan fingerprint density at radius 3 is 2.55 bits per heavy atom. The summed E-state index contributed by atoms with van der Waals surface area (Å²) in [6, 6.07) is 13.7. The van der Waals surface area contributed by atoms with Crippen molar-refractivity contribution >= 4 is 46.5 Å². The highest BCUT2D eigenvalue weighted by atomic mass is 35.5. The first-order chi connectivity index (χ1) is 15.9. The Morgan fingerprint density at radius 2 is 1.82 bits per heavy atom. The third-order valence-electron chi connectivity index (χ3n) is 5.73. The summed E-state index contributed by atoms with van der Waals surface area (Å²) in [5, 5.41) is 1.97. The highest BCUT2D eigenvalue weighted by Crippen LogP contribution is 2.36. The maximum atomic E-state index is 11.9. The van der Waals surface area contributed by atoms with Crippen molar-refractivity contribution in [2.75, 3.05) is 37.7 Å². The summed E-state index contributed by atoms with van der Waals surface area (Å²) in [6.07, 6.45) is 3.41. The molecule has 1 saturated heterocycles. The molecule has 174 valence electrons. The van der Waals surface area contributed by atoms with Gasteiger partial charge in [0.15, 0.2) is 5.69 Å². The normalized spacial score (nSPS) is 16.7. The molecule has 0 saturated carbocycles. The van der Waals surface area contributed by atoms with Crippen LogP contribution in [0.2, 0.25) is 15.1 Å². The van der Waals surface area contributed by atoms with Crippen molar-refractivity contribution in [1.82, 2.24) is 14.5 Å². The van der Waals surface area contributed by atoms with Crippen LogP contribution in [0.4, 0.5) is 5.69 Å². The molecule has 4 rings (SSSR count). The molecule has 0 aliphatic carbocycles. The number of piperazine rings is 1. The van der Waals surface area contributed by atoms with Gasteiger partial charge in [-0.3, -0.25) is 4.90 Å². The zero-order chi connectivity index (χ0) is 23.4. The van der Waals surface area contributed by atoms with E-state index in [9.17, 15) is 4.79 Å². The van der Waals surface area contributed by atoms with Gasteiger partial charge >= 0.3 is 5.97 Å². The standard InChI is InChI=1S/C24H25Cl3N4O2/c1-2-33-24(32)21-14-30(16-28-21)10-9-29-11-12-31(22-8-7-19(26)13-20(22)27)23(15-29)17-3-5-18(25)6-4-17/h3-8,13-14,16,23H,2,9-12,15H2,1H3. The van der Waals surface area contributed by atoms with Gasteiger partial charge in [-0.25, -0.2) is 9.78 Å². The first-order valence-electron chi connectivity index (χ1n) is 10.8. The summed E-state index contributed by atoms with van der Waals surface area (Å²) >= 11 is 18.8. The van der Waals surface area contributed by atoms with E-state index in [4.69, 9.17) is 39.5 Å². The summed E-state index contributed by atoms with van der Waals surface area (Å²) in [6.45, 7) is 6.17. The molecule has 2 heterocycles. The average Bonchev–Trinajstić information content (AvgIpc) is 3.28. The van der Waals surface area contributed by atoms with Crippen molar-refractivity contribution in [2.45, 2.75) is 19.5 Å². The minimum Gasteiger partial charge on any atom is -0.461 e. The number of carbonyl (C=O) groups is 1. The SMILES string of the molecule is CCOC(=O)c1cn(CCN2CCN(c3ccc(Cl)cc3Cl)C(c3ccc(Cl)cc3)C2)cn1. The Bertz CT molecular complexity index is 1100. The van der Waals surface area contributed by atoms with Crippen LogP contribution in [0.5, 0.6) is 0 Å². The lowest BCUT2D eigenvalue weighted by molar-refractivity contribution is 0.0520. The zero-order valence-electron chi connectivity index (χ0n) is 18.3. The minimum absolute atomic E-state index is 0.104. The van der Waals surface area contributed by atoms with E-state index in [1.165, 1.54) is 5.56 Å². The van der Waals surface area contributed by atoms with Crippen LogP contribution in [0.3, 0.4) is 0 Å². The van der Waals surface area contributed by atoms with E-state index in [1.807, 2.05) is 28.8 Å². The van der Waals surface area contributed by atoms with Crippen LogP contribution < -0.4 is 4.90 Å². The van der Waals surface area contributed by atoms with Gasteiger partial charge in [0.1, 0.15) is 0 Å². The van der Waals surface area contributed by atoms with E-state index >= 15 is 0 Å². The number of anilines is 1. The molecule has 1 fully saturated rings. The number of esters is 1. The molecular weight excluding hydrogens is 483 g/mol. The molecule has 9 heteroatoms. The Kier molecular flexibility index (Phi) is 7.81. The molecule has 1 unspecified atom stereocenters. The third-order valence-corrected chi connectivity index (χ3v) is 6.52. The highest BCUT2D eigenvalue weighted by Gasteiger charge is 2.29. The van der Waals surface area contributed by atoms with Crippen molar-refractivity contribution in [2.24, 2.45) is 0 Å². The predicted octanol–water partition coefficient (Wildman–Crippen LogP) is 5.58. The number of aromatic nitrogens is 2. The molecule has 3 aromatic rings. The first kappa shape index (κ1) is 23.9. The molecule has 6 nitrogen and oxygen atoms in total. The average molecular weight is 508 g/mol. The van der Waals surface area contributed by atoms with E-state index in [0.717, 1.165) is 38.4 Å². The molecule has 0 radical (unpaired) electrons. The lowest BCUT2D eigenvalue weighted by Crippen LogP contribution is -2.49. The maximum Gasteiger partial charge on any atom is 0.358 e. The minimum atomic E-state index is -0.396. The van der Waals surface area contributed by atoms with E-state index < -0.39 is 5.97 Å². The number of benzene rings is 2. The van der Waals surface area contributed by atoms with E-state index in [2.05, 4.69) is 26.9 Å². The second-order valence-electron chi connectivity index (χ2n) is 7.87. The summed E-state index contributed by atoms with van der Waals surface area (Å²) < 4.78 is 6.94. The van der Waals surface area contributed by atoms with Crippen molar-refractivity contribution in [3.8, 4) is 0 Å². The number of imidazole rings is 1. The summed E-state index contributed by atoms with van der Waals surface area (Å²) in [4.78, 5) is 20.8. The molecule has 1 aliphatic rings. The van der Waals surface area contributed by atoms with Crippen molar-refractivity contribution in [1.29, 1.82) is 0 Å². The number of halogens is 3. The van der Waals surface area contributed by atoms with Crippen LogP contribution in [-0.4, -0.2) is 53.2 Å². The fourth-order valence-electron chi connectivity index (χ4n) is 4.07. The van der Waals surface area contributed by atoms with E-state index in [0.29, 0.717) is 27.4 Å². The van der Waals surface area contributed by atoms with Crippen LogP contribution in [0.25, 0.3) is 0 Å². The molecule has 0 amide bonds. The monoisotopic (exact) mass is 506 g/mol. The zero-order valence-corrected chi connectivity index (χ0v) is 20.5. The van der Waals surface area contributed by atoms with Gasteiger partial charge in [0, 0.05) is 49.0 Å². The first-order valence-corrected chi connectivity index (χ1v) is 12.0. The summed E-state index contributed by atoms with van der Waals surface area (Å²) in [7, 11) is 0. The fourth-order valence-corrected chi connectivity index (χ4v) is 4.71. The molecule has 33 heavy (non-hydrogen) atoms. The van der Waals surface area contributed by atoms with Crippen molar-refractivity contribution < 1.29 is 9.53 Å². The third kappa shape index (κ3) is 5.82. The number of hydrogen-bond donors (Lipinski definition) is 0. The van der Waals surface area contributed by atoms with Gasteiger partial charge in [-0.2, -0.15) is 0 Å². The van der Waals surface area contributed by atoms with Crippen LogP contribution in [0, 0.1) is 0 Å². The summed E-state index contributed by atoms with van der Waals surface area (Å²) in [5.74, 6) is -0.396. The Balaban J connectivity index is 1.49. The van der Waals surface area contributed by atoms with Gasteiger partial charge in [-0.15, -0.1) is 0 Å². The lowest BCUT2D eigenvalue weighted by atomic mass is 10.0. The van der Waals surface area contributed by atoms with Crippen molar-refractivity contribution in [3.63, 3.8) is 0 Å². The Hall–Kier alpha value is -2.25. The molecule has 2 aromatic carbocycles. The second-order valence-corrected chi connectivity index (χ2v) is 9.15. The quantitative estimate of drug-likeness (QED) is 0.391. The Morgan fingerprint density at radius 1 is 1.06 bits per heavy atom. The van der Waals surface area contributed by atoms with Gasteiger partial charge in [0.2, 0.25) is 0 Å². The maximum absolute atomic E-state index is 11.9. The smallest absolute Gasteiger partial charge is 0.358 e. The van der Waals surface area contributed by atoms with E-state index in [1.54, 1.807) is 25.5 Å². The van der Waals surface area contributed by atoms with Crippen LogP contribution in [0.15, 0.2) is 55.0 Å². The molecule has 1 aromatic heterocycles. The largest absolute Gasteiger partial charge is 0.461 e. The van der Waals surface area contributed by atoms with Gasteiger partial charge in [0.25, 0.3) is 0 Å².